The fourth-order valence-corrected chi connectivity index (χ4v) is 4.61. The maximum atomic E-state index is 12.6. The van der Waals surface area contributed by atoms with Crippen LogP contribution in [0.15, 0.2) is 78.9 Å². The van der Waals surface area contributed by atoms with E-state index in [2.05, 4.69) is 54.0 Å². The highest BCUT2D eigenvalue weighted by molar-refractivity contribution is 6.30. The maximum Gasteiger partial charge on any atom is 0.251 e. The van der Waals surface area contributed by atoms with Gasteiger partial charge in [0, 0.05) is 28.5 Å². The summed E-state index contributed by atoms with van der Waals surface area (Å²) in [7, 11) is 0. The van der Waals surface area contributed by atoms with E-state index in [-0.39, 0.29) is 0 Å². The van der Waals surface area contributed by atoms with Crippen molar-refractivity contribution in [2.75, 3.05) is 0 Å². The Balaban J connectivity index is 1.84. The first kappa shape index (κ1) is 21.9. The molecule has 1 aromatic heterocycles. The molecule has 4 rings (SSSR count). The number of hydrogen-bond donors (Lipinski definition) is 1. The lowest BCUT2D eigenvalue weighted by Gasteiger charge is -2.13. The molecule has 2 N–H and O–H groups in total. The lowest BCUT2D eigenvalue weighted by Crippen LogP contribution is -2.13. The molecular weight excluding hydrogens is 416 g/mol. The minimum atomic E-state index is -0.396. The Kier molecular flexibility index (Phi) is 6.48. The van der Waals surface area contributed by atoms with Gasteiger partial charge in [-0.05, 0) is 47.7 Å². The molecule has 0 unspecified atom stereocenters. The monoisotopic (exact) mass is 442 g/mol. The van der Waals surface area contributed by atoms with Crippen molar-refractivity contribution in [1.82, 2.24) is 4.57 Å². The predicted octanol–water partition coefficient (Wildman–Crippen LogP) is 6.88. The molecular formula is C28H27ClN2O. The average molecular weight is 443 g/mol. The Hall–Kier alpha value is -3.30. The van der Waals surface area contributed by atoms with Crippen molar-refractivity contribution in [2.24, 2.45) is 5.73 Å². The number of carbonyl (C=O) groups is 1. The van der Waals surface area contributed by atoms with E-state index in [0.29, 0.717) is 17.1 Å². The summed E-state index contributed by atoms with van der Waals surface area (Å²) < 4.78 is 2.22. The van der Waals surface area contributed by atoms with E-state index in [1.165, 1.54) is 0 Å². The van der Waals surface area contributed by atoms with Crippen LogP contribution < -0.4 is 5.73 Å². The van der Waals surface area contributed by atoms with Gasteiger partial charge in [0.05, 0.1) is 5.56 Å². The van der Waals surface area contributed by atoms with Gasteiger partial charge < -0.3 is 10.3 Å². The minimum Gasteiger partial charge on any atom is -0.366 e. The molecule has 0 aliphatic carbocycles. The van der Waals surface area contributed by atoms with Gasteiger partial charge in [-0.2, -0.15) is 0 Å². The predicted molar refractivity (Wildman–Crippen MR) is 133 cm³/mol. The number of aromatic nitrogens is 1. The molecule has 162 valence electrons. The van der Waals surface area contributed by atoms with Crippen LogP contribution in [0.2, 0.25) is 5.02 Å². The van der Waals surface area contributed by atoms with E-state index in [1.54, 1.807) is 0 Å². The topological polar surface area (TPSA) is 48.0 Å². The molecule has 3 aromatic carbocycles. The quantitative estimate of drug-likeness (QED) is 0.333. The molecule has 4 aromatic rings. The van der Waals surface area contributed by atoms with Gasteiger partial charge in [0.2, 0.25) is 0 Å². The summed E-state index contributed by atoms with van der Waals surface area (Å²) in [6.45, 7) is 4.77. The first-order chi connectivity index (χ1) is 15.5. The highest BCUT2D eigenvalue weighted by atomic mass is 35.5. The van der Waals surface area contributed by atoms with Crippen LogP contribution in [-0.2, 0) is 13.0 Å². The van der Waals surface area contributed by atoms with Gasteiger partial charge in [-0.15, -0.1) is 0 Å². The lowest BCUT2D eigenvalue weighted by atomic mass is 9.96. The second kappa shape index (κ2) is 9.46. The molecule has 0 fully saturated rings. The summed E-state index contributed by atoms with van der Waals surface area (Å²) in [5.74, 6) is -0.396. The molecule has 0 saturated heterocycles. The van der Waals surface area contributed by atoms with Crippen LogP contribution in [-0.4, -0.2) is 10.5 Å². The first-order valence-corrected chi connectivity index (χ1v) is 11.3. The maximum absolute atomic E-state index is 12.6. The standard InChI is InChI=1S/C28H27ClN2O/c1-3-8-25-27(23-15-13-22(14-16-23)21-10-5-4-6-11-21)26(28(30)32)19(2)31(25)18-20-9-7-12-24(29)17-20/h4-7,9-17H,3,8,18H2,1-2H3,(H2,30,32). The zero-order chi connectivity index (χ0) is 22.7. The SMILES string of the molecule is CCCc1c(-c2ccc(-c3ccccc3)cc2)c(C(N)=O)c(C)n1Cc1cccc(Cl)c1. The third kappa shape index (κ3) is 4.35. The molecule has 1 amide bonds. The number of nitrogens with two attached hydrogens (primary N) is 1. The van der Waals surface area contributed by atoms with E-state index >= 15 is 0 Å². The molecule has 32 heavy (non-hydrogen) atoms. The highest BCUT2D eigenvalue weighted by Gasteiger charge is 2.24. The highest BCUT2D eigenvalue weighted by Crippen LogP contribution is 2.35. The summed E-state index contributed by atoms with van der Waals surface area (Å²) in [6, 6.07) is 26.5. The van der Waals surface area contributed by atoms with Gasteiger partial charge in [-0.25, -0.2) is 0 Å². The number of benzene rings is 3. The fourth-order valence-electron chi connectivity index (χ4n) is 4.40. The molecule has 4 heteroatoms. The van der Waals surface area contributed by atoms with Crippen LogP contribution in [0.5, 0.6) is 0 Å². The van der Waals surface area contributed by atoms with Crippen molar-refractivity contribution in [3.05, 3.63) is 106 Å². The number of hydrogen-bond acceptors (Lipinski definition) is 1. The molecule has 0 radical (unpaired) electrons. The molecule has 0 bridgehead atoms. The summed E-state index contributed by atoms with van der Waals surface area (Å²) in [4.78, 5) is 12.6. The van der Waals surface area contributed by atoms with Gasteiger partial charge in [0.25, 0.3) is 5.91 Å². The second-order valence-corrected chi connectivity index (χ2v) is 8.49. The molecule has 0 aliphatic rings. The Morgan fingerprint density at radius 3 is 2.19 bits per heavy atom. The smallest absolute Gasteiger partial charge is 0.251 e. The van der Waals surface area contributed by atoms with Crippen LogP contribution in [0.25, 0.3) is 22.3 Å². The average Bonchev–Trinajstić information content (AvgIpc) is 3.06. The van der Waals surface area contributed by atoms with E-state index in [1.807, 2.05) is 43.3 Å². The third-order valence-corrected chi connectivity index (χ3v) is 6.11. The fraction of sp³-hybridized carbons (Fsp3) is 0.179. The van der Waals surface area contributed by atoms with Gasteiger partial charge in [0.1, 0.15) is 0 Å². The van der Waals surface area contributed by atoms with Crippen LogP contribution in [0.3, 0.4) is 0 Å². The first-order valence-electron chi connectivity index (χ1n) is 10.9. The largest absolute Gasteiger partial charge is 0.366 e. The summed E-state index contributed by atoms with van der Waals surface area (Å²) in [5.41, 5.74) is 13.9. The van der Waals surface area contributed by atoms with E-state index in [0.717, 1.165) is 52.0 Å². The van der Waals surface area contributed by atoms with Crippen molar-refractivity contribution in [1.29, 1.82) is 0 Å². The lowest BCUT2D eigenvalue weighted by molar-refractivity contribution is 0.1000. The minimum absolute atomic E-state index is 0.396. The number of halogens is 1. The molecule has 0 atom stereocenters. The van der Waals surface area contributed by atoms with E-state index in [4.69, 9.17) is 17.3 Å². The molecule has 3 nitrogen and oxygen atoms in total. The molecule has 0 aliphatic heterocycles. The van der Waals surface area contributed by atoms with Gasteiger partial charge in [-0.3, -0.25) is 4.79 Å². The zero-order valence-corrected chi connectivity index (χ0v) is 19.2. The Bertz CT molecular complexity index is 1240. The van der Waals surface area contributed by atoms with Crippen molar-refractivity contribution in [3.63, 3.8) is 0 Å². The number of amides is 1. The van der Waals surface area contributed by atoms with Crippen LogP contribution in [0, 0.1) is 6.92 Å². The number of carbonyl (C=O) groups excluding carboxylic acids is 1. The number of primary amides is 1. The van der Waals surface area contributed by atoms with Crippen LogP contribution in [0.4, 0.5) is 0 Å². The van der Waals surface area contributed by atoms with Crippen LogP contribution >= 0.6 is 11.6 Å². The van der Waals surface area contributed by atoms with Crippen LogP contribution in [0.1, 0.15) is 40.7 Å². The summed E-state index contributed by atoms with van der Waals surface area (Å²) in [5, 5.41) is 0.705. The summed E-state index contributed by atoms with van der Waals surface area (Å²) >= 11 is 6.22. The van der Waals surface area contributed by atoms with Crippen molar-refractivity contribution < 1.29 is 4.79 Å². The normalized spacial score (nSPS) is 11.0. The Labute approximate surface area is 194 Å². The van der Waals surface area contributed by atoms with Crippen molar-refractivity contribution >= 4 is 17.5 Å². The second-order valence-electron chi connectivity index (χ2n) is 8.06. The third-order valence-electron chi connectivity index (χ3n) is 5.87. The molecule has 1 heterocycles. The van der Waals surface area contributed by atoms with Crippen molar-refractivity contribution in [2.45, 2.75) is 33.2 Å². The number of rotatable bonds is 7. The van der Waals surface area contributed by atoms with Gasteiger partial charge >= 0.3 is 0 Å². The zero-order valence-electron chi connectivity index (χ0n) is 18.4. The van der Waals surface area contributed by atoms with Crippen molar-refractivity contribution in [3.8, 4) is 22.3 Å². The van der Waals surface area contributed by atoms with E-state index in [9.17, 15) is 4.79 Å². The Morgan fingerprint density at radius 1 is 0.906 bits per heavy atom. The van der Waals surface area contributed by atoms with Gasteiger partial charge in [-0.1, -0.05) is 91.7 Å². The van der Waals surface area contributed by atoms with E-state index < -0.39 is 5.91 Å². The van der Waals surface area contributed by atoms with Gasteiger partial charge in [0.15, 0.2) is 0 Å². The summed E-state index contributed by atoms with van der Waals surface area (Å²) in [6.07, 6.45) is 1.82. The number of nitrogens with zero attached hydrogens (tertiary/aromatic N) is 1. The molecule has 0 spiro atoms. The molecule has 0 saturated carbocycles. The Morgan fingerprint density at radius 2 is 1.56 bits per heavy atom.